The second-order valence-corrected chi connectivity index (χ2v) is 7.96. The number of fused-ring (bicyclic) bond motifs is 4. The van der Waals surface area contributed by atoms with Crippen LogP contribution in [0.1, 0.15) is 34.1 Å². The average molecular weight is 415 g/mol. The maximum atomic E-state index is 12.9. The monoisotopic (exact) mass is 415 g/mol. The number of carboxylic acid groups (broad SMARTS) is 1. The van der Waals surface area contributed by atoms with Crippen LogP contribution < -0.4 is 0 Å². The molecule has 0 bridgehead atoms. The van der Waals surface area contributed by atoms with Gasteiger partial charge in [0.2, 0.25) is 0 Å². The molecule has 5 rings (SSSR count). The van der Waals surface area contributed by atoms with Crippen molar-refractivity contribution in [3.05, 3.63) is 89.0 Å². The van der Waals surface area contributed by atoms with E-state index in [1.54, 1.807) is 6.07 Å². The van der Waals surface area contributed by atoms with E-state index in [2.05, 4.69) is 24.3 Å². The van der Waals surface area contributed by atoms with Crippen molar-refractivity contribution in [2.75, 3.05) is 13.2 Å². The standard InChI is InChI=1S/C25H21NO5/c27-16-10-9-15-12-26(13-22(24(28)29)21(15)11-16)25(30)31-14-23-19-7-3-1-5-17(19)18-6-2-4-8-20(18)23/h1-11,22-23,27H,12-14H2,(H,28,29). The molecule has 1 heterocycles. The van der Waals surface area contributed by atoms with Gasteiger partial charge in [-0.3, -0.25) is 4.79 Å². The largest absolute Gasteiger partial charge is 0.508 e. The Labute approximate surface area is 179 Å². The van der Waals surface area contributed by atoms with Crippen molar-refractivity contribution in [3.8, 4) is 16.9 Å². The lowest BCUT2D eigenvalue weighted by molar-refractivity contribution is -0.139. The summed E-state index contributed by atoms with van der Waals surface area (Å²) in [5, 5.41) is 19.4. The Morgan fingerprint density at radius 3 is 2.23 bits per heavy atom. The van der Waals surface area contributed by atoms with Gasteiger partial charge in [-0.25, -0.2) is 4.79 Å². The van der Waals surface area contributed by atoms with E-state index in [-0.39, 0.29) is 31.4 Å². The summed E-state index contributed by atoms with van der Waals surface area (Å²) in [6, 6.07) is 20.8. The fourth-order valence-electron chi connectivity index (χ4n) is 4.68. The zero-order chi connectivity index (χ0) is 21.5. The number of carbonyl (C=O) groups is 2. The number of rotatable bonds is 3. The van der Waals surface area contributed by atoms with Crippen molar-refractivity contribution in [1.29, 1.82) is 0 Å². The van der Waals surface area contributed by atoms with E-state index >= 15 is 0 Å². The smallest absolute Gasteiger partial charge is 0.410 e. The van der Waals surface area contributed by atoms with Crippen molar-refractivity contribution < 1.29 is 24.5 Å². The molecule has 3 aromatic carbocycles. The molecule has 3 aromatic rings. The maximum Gasteiger partial charge on any atom is 0.410 e. The highest BCUT2D eigenvalue weighted by molar-refractivity contribution is 5.80. The van der Waals surface area contributed by atoms with E-state index < -0.39 is 18.0 Å². The molecule has 0 spiro atoms. The number of hydrogen-bond donors (Lipinski definition) is 2. The highest BCUT2D eigenvalue weighted by Crippen LogP contribution is 2.44. The van der Waals surface area contributed by atoms with Gasteiger partial charge >= 0.3 is 12.1 Å². The van der Waals surface area contributed by atoms with E-state index in [9.17, 15) is 19.8 Å². The van der Waals surface area contributed by atoms with Crippen LogP contribution in [0.2, 0.25) is 0 Å². The number of aliphatic carboxylic acids is 1. The minimum atomic E-state index is -1.04. The molecule has 6 nitrogen and oxygen atoms in total. The minimum absolute atomic E-state index is 0.00244. The van der Waals surface area contributed by atoms with Gasteiger partial charge in [-0.2, -0.15) is 0 Å². The molecular formula is C25H21NO5. The topological polar surface area (TPSA) is 87.1 Å². The molecule has 1 atom stereocenters. The summed E-state index contributed by atoms with van der Waals surface area (Å²) < 4.78 is 5.69. The first-order valence-corrected chi connectivity index (χ1v) is 10.2. The summed E-state index contributed by atoms with van der Waals surface area (Å²) in [4.78, 5) is 26.1. The first-order valence-electron chi connectivity index (χ1n) is 10.2. The van der Waals surface area contributed by atoms with Crippen LogP contribution >= 0.6 is 0 Å². The van der Waals surface area contributed by atoms with Gasteiger partial charge in [0, 0.05) is 19.0 Å². The van der Waals surface area contributed by atoms with E-state index in [0.717, 1.165) is 22.3 Å². The van der Waals surface area contributed by atoms with E-state index in [1.165, 1.54) is 17.0 Å². The lowest BCUT2D eigenvalue weighted by Gasteiger charge is -2.32. The van der Waals surface area contributed by atoms with Gasteiger partial charge in [-0.05, 0) is 45.5 Å². The number of amides is 1. The van der Waals surface area contributed by atoms with Crippen LogP contribution in [0.4, 0.5) is 4.79 Å². The number of aromatic hydroxyl groups is 1. The Hall–Kier alpha value is -3.80. The van der Waals surface area contributed by atoms with Gasteiger partial charge in [0.25, 0.3) is 0 Å². The Kier molecular flexibility index (Phi) is 4.62. The molecule has 0 aromatic heterocycles. The van der Waals surface area contributed by atoms with Crippen LogP contribution in [0.15, 0.2) is 66.7 Å². The van der Waals surface area contributed by atoms with Crippen LogP contribution in [0.3, 0.4) is 0 Å². The van der Waals surface area contributed by atoms with Gasteiger partial charge in [0.05, 0.1) is 5.92 Å². The normalized spacial score (nSPS) is 16.9. The van der Waals surface area contributed by atoms with Crippen molar-refractivity contribution in [2.45, 2.75) is 18.4 Å². The maximum absolute atomic E-state index is 12.9. The minimum Gasteiger partial charge on any atom is -0.508 e. The highest BCUT2D eigenvalue weighted by atomic mass is 16.6. The lowest BCUT2D eigenvalue weighted by Crippen LogP contribution is -2.41. The second-order valence-electron chi connectivity index (χ2n) is 7.96. The van der Waals surface area contributed by atoms with Crippen molar-refractivity contribution in [1.82, 2.24) is 4.90 Å². The number of hydrogen-bond acceptors (Lipinski definition) is 4. The van der Waals surface area contributed by atoms with E-state index in [0.29, 0.717) is 11.1 Å². The molecule has 2 N–H and O–H groups in total. The summed E-state index contributed by atoms with van der Waals surface area (Å²) in [5.74, 6) is -1.99. The Morgan fingerprint density at radius 2 is 1.58 bits per heavy atom. The SMILES string of the molecule is O=C(O)C1CN(C(=O)OCC2c3ccccc3-c3ccccc32)Cc2ccc(O)cc21. The number of nitrogens with zero attached hydrogens (tertiary/aromatic N) is 1. The summed E-state index contributed by atoms with van der Waals surface area (Å²) in [7, 11) is 0. The number of carbonyl (C=O) groups excluding carboxylic acids is 1. The van der Waals surface area contributed by atoms with Crippen LogP contribution in [0.25, 0.3) is 11.1 Å². The van der Waals surface area contributed by atoms with Crippen LogP contribution in [0, 0.1) is 0 Å². The number of benzene rings is 3. The molecule has 1 aliphatic heterocycles. The third-order valence-corrected chi connectivity index (χ3v) is 6.16. The molecule has 1 amide bonds. The number of ether oxygens (including phenoxy) is 1. The molecule has 0 saturated heterocycles. The predicted octanol–water partition coefficient (Wildman–Crippen LogP) is 4.33. The Morgan fingerprint density at radius 1 is 0.935 bits per heavy atom. The van der Waals surface area contributed by atoms with Gasteiger partial charge in [0.15, 0.2) is 0 Å². The van der Waals surface area contributed by atoms with E-state index in [4.69, 9.17) is 4.74 Å². The van der Waals surface area contributed by atoms with Gasteiger partial charge in [-0.15, -0.1) is 0 Å². The predicted molar refractivity (Wildman–Crippen MR) is 114 cm³/mol. The van der Waals surface area contributed by atoms with Crippen LogP contribution in [-0.2, 0) is 16.1 Å². The third kappa shape index (κ3) is 3.30. The lowest BCUT2D eigenvalue weighted by atomic mass is 9.90. The molecule has 1 aliphatic carbocycles. The van der Waals surface area contributed by atoms with Crippen LogP contribution in [-0.4, -0.2) is 40.3 Å². The van der Waals surface area contributed by atoms with Gasteiger partial charge in [0.1, 0.15) is 12.4 Å². The van der Waals surface area contributed by atoms with Crippen LogP contribution in [0.5, 0.6) is 5.75 Å². The summed E-state index contributed by atoms with van der Waals surface area (Å²) in [6.07, 6.45) is -0.535. The van der Waals surface area contributed by atoms with Gasteiger partial charge in [-0.1, -0.05) is 54.6 Å². The van der Waals surface area contributed by atoms with Gasteiger partial charge < -0.3 is 19.8 Å². The summed E-state index contributed by atoms with van der Waals surface area (Å²) in [6.45, 7) is 0.433. The fraction of sp³-hybridized carbons (Fsp3) is 0.200. The molecule has 0 saturated carbocycles. The molecule has 0 radical (unpaired) electrons. The fourth-order valence-corrected chi connectivity index (χ4v) is 4.68. The summed E-state index contributed by atoms with van der Waals surface area (Å²) in [5.41, 5.74) is 5.78. The highest BCUT2D eigenvalue weighted by Gasteiger charge is 2.35. The van der Waals surface area contributed by atoms with Crippen molar-refractivity contribution in [2.24, 2.45) is 0 Å². The molecule has 6 heteroatoms. The average Bonchev–Trinajstić information content (AvgIpc) is 3.10. The first kappa shape index (κ1) is 19.2. The Bertz CT molecular complexity index is 1140. The quantitative estimate of drug-likeness (QED) is 0.665. The first-order chi connectivity index (χ1) is 15.0. The zero-order valence-electron chi connectivity index (χ0n) is 16.7. The van der Waals surface area contributed by atoms with E-state index in [1.807, 2.05) is 24.3 Å². The molecule has 156 valence electrons. The number of phenols is 1. The summed E-state index contributed by atoms with van der Waals surface area (Å²) >= 11 is 0. The molecule has 2 aliphatic rings. The zero-order valence-corrected chi connectivity index (χ0v) is 16.7. The molecule has 0 fully saturated rings. The van der Waals surface area contributed by atoms with Crippen molar-refractivity contribution in [3.63, 3.8) is 0 Å². The number of phenolic OH excluding ortho intramolecular Hbond substituents is 1. The second kappa shape index (κ2) is 7.47. The Balaban J connectivity index is 1.36. The molecule has 1 unspecified atom stereocenters. The molecular weight excluding hydrogens is 394 g/mol. The third-order valence-electron chi connectivity index (χ3n) is 6.16. The molecule has 31 heavy (non-hydrogen) atoms. The van der Waals surface area contributed by atoms with Crippen molar-refractivity contribution >= 4 is 12.1 Å². The number of carboxylic acids is 1.